The molecular weight excluding hydrogens is 358 g/mol. The third kappa shape index (κ3) is 5.30. The van der Waals surface area contributed by atoms with Crippen LogP contribution in [0.3, 0.4) is 0 Å². The second-order valence-corrected chi connectivity index (χ2v) is 6.40. The van der Waals surface area contributed by atoms with E-state index < -0.39 is 29.4 Å². The number of unbranched alkanes of at least 4 members (excludes halogenated alkanes) is 2. The summed E-state index contributed by atoms with van der Waals surface area (Å²) >= 11 is 0. The van der Waals surface area contributed by atoms with Gasteiger partial charge in [0, 0.05) is 0 Å². The molecule has 2 aromatic rings. The Kier molecular flexibility index (Phi) is 6.98. The molecule has 0 aliphatic rings. The standard InChI is InChI=1S/C21H21F4NO/c1-3-4-5-6-15-7-9-17(10-8-15)21(24,25)27-14(2)16-11-19(22)18(13-26)20(23)12-16/h7-12,14H,3-6H2,1-2H3. The fourth-order valence-corrected chi connectivity index (χ4v) is 2.74. The Hall–Kier alpha value is -2.39. The van der Waals surface area contributed by atoms with Gasteiger partial charge in [-0.05, 0) is 43.0 Å². The lowest BCUT2D eigenvalue weighted by atomic mass is 10.0. The minimum absolute atomic E-state index is 0.111. The highest BCUT2D eigenvalue weighted by molar-refractivity contribution is 5.36. The lowest BCUT2D eigenvalue weighted by Crippen LogP contribution is -2.20. The van der Waals surface area contributed by atoms with E-state index in [4.69, 9.17) is 10.00 Å². The predicted molar refractivity (Wildman–Crippen MR) is 94.1 cm³/mol. The number of alkyl halides is 2. The Morgan fingerprint density at radius 3 is 2.19 bits per heavy atom. The van der Waals surface area contributed by atoms with Crippen molar-refractivity contribution in [2.75, 3.05) is 0 Å². The minimum atomic E-state index is -3.62. The number of rotatable bonds is 8. The summed E-state index contributed by atoms with van der Waals surface area (Å²) in [5.41, 5.74) is -0.230. The van der Waals surface area contributed by atoms with Gasteiger partial charge in [-0.15, -0.1) is 0 Å². The molecule has 0 amide bonds. The van der Waals surface area contributed by atoms with Gasteiger partial charge in [0.05, 0.1) is 11.7 Å². The van der Waals surface area contributed by atoms with E-state index in [0.29, 0.717) is 0 Å². The second kappa shape index (κ2) is 9.01. The Morgan fingerprint density at radius 1 is 1.07 bits per heavy atom. The van der Waals surface area contributed by atoms with Crippen LogP contribution < -0.4 is 0 Å². The molecule has 1 unspecified atom stereocenters. The highest BCUT2D eigenvalue weighted by Crippen LogP contribution is 2.36. The number of hydrogen-bond acceptors (Lipinski definition) is 2. The third-order valence-electron chi connectivity index (χ3n) is 4.33. The zero-order valence-corrected chi connectivity index (χ0v) is 15.2. The molecule has 2 rings (SSSR count). The first-order valence-electron chi connectivity index (χ1n) is 8.82. The lowest BCUT2D eigenvalue weighted by Gasteiger charge is -2.23. The molecule has 0 N–H and O–H groups in total. The van der Waals surface area contributed by atoms with Gasteiger partial charge in [0.2, 0.25) is 0 Å². The Balaban J connectivity index is 2.12. The summed E-state index contributed by atoms with van der Waals surface area (Å²) in [6, 6.07) is 8.92. The molecule has 0 saturated carbocycles. The number of nitriles is 1. The van der Waals surface area contributed by atoms with Gasteiger partial charge in [-0.3, -0.25) is 0 Å². The van der Waals surface area contributed by atoms with E-state index in [-0.39, 0.29) is 11.1 Å². The van der Waals surface area contributed by atoms with Crippen molar-refractivity contribution in [2.45, 2.75) is 51.7 Å². The van der Waals surface area contributed by atoms with Gasteiger partial charge in [-0.2, -0.15) is 14.0 Å². The molecule has 0 radical (unpaired) electrons. The third-order valence-corrected chi connectivity index (χ3v) is 4.33. The number of hydrogen-bond donors (Lipinski definition) is 0. The highest BCUT2D eigenvalue weighted by atomic mass is 19.3. The molecule has 6 heteroatoms. The van der Waals surface area contributed by atoms with E-state index in [9.17, 15) is 17.6 Å². The second-order valence-electron chi connectivity index (χ2n) is 6.40. The number of halogens is 4. The van der Waals surface area contributed by atoms with Crippen LogP contribution in [0.15, 0.2) is 36.4 Å². The van der Waals surface area contributed by atoms with Crippen LogP contribution in [0.2, 0.25) is 0 Å². The monoisotopic (exact) mass is 379 g/mol. The molecule has 0 spiro atoms. The maximum atomic E-state index is 14.4. The minimum Gasteiger partial charge on any atom is -0.309 e. The molecule has 0 aliphatic heterocycles. The summed E-state index contributed by atoms with van der Waals surface area (Å²) in [6.45, 7) is 3.36. The number of aryl methyl sites for hydroxylation is 1. The summed E-state index contributed by atoms with van der Waals surface area (Å²) in [7, 11) is 0. The molecule has 2 nitrogen and oxygen atoms in total. The topological polar surface area (TPSA) is 33.0 Å². The number of benzene rings is 2. The first-order valence-corrected chi connectivity index (χ1v) is 8.82. The molecule has 0 fully saturated rings. The molecule has 2 aromatic carbocycles. The highest BCUT2D eigenvalue weighted by Gasteiger charge is 2.35. The van der Waals surface area contributed by atoms with Gasteiger partial charge in [0.25, 0.3) is 0 Å². The van der Waals surface area contributed by atoms with Crippen molar-refractivity contribution in [3.8, 4) is 6.07 Å². The van der Waals surface area contributed by atoms with Crippen LogP contribution in [-0.2, 0) is 17.3 Å². The fraction of sp³-hybridized carbons (Fsp3) is 0.381. The first kappa shape index (κ1) is 20.9. The molecule has 0 saturated heterocycles. The lowest BCUT2D eigenvalue weighted by molar-refractivity contribution is -0.272. The van der Waals surface area contributed by atoms with Crippen molar-refractivity contribution in [1.29, 1.82) is 5.26 Å². The maximum Gasteiger partial charge on any atom is 0.383 e. The van der Waals surface area contributed by atoms with Crippen molar-refractivity contribution in [2.24, 2.45) is 0 Å². The van der Waals surface area contributed by atoms with E-state index in [1.807, 2.05) is 0 Å². The van der Waals surface area contributed by atoms with Crippen LogP contribution in [0.5, 0.6) is 0 Å². The van der Waals surface area contributed by atoms with E-state index in [1.165, 1.54) is 25.1 Å². The molecule has 0 aliphatic carbocycles. The largest absolute Gasteiger partial charge is 0.383 e. The van der Waals surface area contributed by atoms with E-state index in [0.717, 1.165) is 43.4 Å². The molecule has 27 heavy (non-hydrogen) atoms. The van der Waals surface area contributed by atoms with Gasteiger partial charge >= 0.3 is 6.11 Å². The van der Waals surface area contributed by atoms with Crippen LogP contribution in [0.25, 0.3) is 0 Å². The van der Waals surface area contributed by atoms with E-state index in [2.05, 4.69) is 6.92 Å². The smallest absolute Gasteiger partial charge is 0.309 e. The predicted octanol–water partition coefficient (Wildman–Crippen LogP) is 6.40. The number of ether oxygens (including phenoxy) is 1. The zero-order valence-electron chi connectivity index (χ0n) is 15.2. The molecule has 0 aromatic heterocycles. The van der Waals surface area contributed by atoms with Gasteiger partial charge in [-0.1, -0.05) is 44.0 Å². The summed E-state index contributed by atoms with van der Waals surface area (Å²) in [5.74, 6) is -2.22. The van der Waals surface area contributed by atoms with Gasteiger partial charge in [-0.25, -0.2) is 8.78 Å². The first-order chi connectivity index (χ1) is 12.8. The maximum absolute atomic E-state index is 14.4. The molecule has 1 atom stereocenters. The summed E-state index contributed by atoms with van der Waals surface area (Å²) in [5, 5.41) is 8.67. The Bertz CT molecular complexity index is 789. The van der Waals surface area contributed by atoms with Crippen molar-refractivity contribution >= 4 is 0 Å². The van der Waals surface area contributed by atoms with Gasteiger partial charge in [0.1, 0.15) is 23.3 Å². The van der Waals surface area contributed by atoms with Crippen molar-refractivity contribution < 1.29 is 22.3 Å². The average molecular weight is 379 g/mol. The van der Waals surface area contributed by atoms with E-state index >= 15 is 0 Å². The summed E-state index contributed by atoms with van der Waals surface area (Å²) < 4.78 is 61.0. The quantitative estimate of drug-likeness (QED) is 0.393. The zero-order chi connectivity index (χ0) is 20.0. The summed E-state index contributed by atoms with van der Waals surface area (Å²) in [6.07, 6.45) is -0.922. The van der Waals surface area contributed by atoms with Crippen LogP contribution >= 0.6 is 0 Å². The van der Waals surface area contributed by atoms with Gasteiger partial charge in [0.15, 0.2) is 0 Å². The molecule has 0 bridgehead atoms. The SMILES string of the molecule is CCCCCc1ccc(C(F)(F)OC(C)c2cc(F)c(C#N)c(F)c2)cc1. The van der Waals surface area contributed by atoms with Crippen molar-refractivity contribution in [3.63, 3.8) is 0 Å². The van der Waals surface area contributed by atoms with Gasteiger partial charge < -0.3 is 4.74 Å². The van der Waals surface area contributed by atoms with Crippen LogP contribution in [0.1, 0.15) is 61.5 Å². The van der Waals surface area contributed by atoms with Crippen LogP contribution in [-0.4, -0.2) is 0 Å². The normalized spacial score (nSPS) is 12.6. The van der Waals surface area contributed by atoms with Crippen LogP contribution in [0, 0.1) is 23.0 Å². The fourth-order valence-electron chi connectivity index (χ4n) is 2.74. The molecule has 144 valence electrons. The molecule has 0 heterocycles. The van der Waals surface area contributed by atoms with Crippen LogP contribution in [0.4, 0.5) is 17.6 Å². The van der Waals surface area contributed by atoms with Crippen molar-refractivity contribution in [1.82, 2.24) is 0 Å². The Morgan fingerprint density at radius 2 is 1.67 bits per heavy atom. The Labute approximate surface area is 156 Å². The van der Waals surface area contributed by atoms with Crippen molar-refractivity contribution in [3.05, 3.63) is 70.3 Å². The van der Waals surface area contributed by atoms with E-state index in [1.54, 1.807) is 12.1 Å². The number of nitrogens with zero attached hydrogens (tertiary/aromatic N) is 1. The molecular formula is C21H21F4NO. The summed E-state index contributed by atoms with van der Waals surface area (Å²) in [4.78, 5) is 0. The average Bonchev–Trinajstić information content (AvgIpc) is 2.61.